The van der Waals surface area contributed by atoms with Crippen molar-refractivity contribution >= 4 is 38.9 Å². The van der Waals surface area contributed by atoms with Crippen LogP contribution in [0.4, 0.5) is 5.69 Å². The lowest BCUT2D eigenvalue weighted by Gasteiger charge is -2.11. The highest BCUT2D eigenvalue weighted by Gasteiger charge is 2.21. The molecule has 1 aromatic heterocycles. The molecule has 0 fully saturated rings. The Hall–Kier alpha value is -1.35. The molecule has 0 aliphatic heterocycles. The largest absolute Gasteiger partial charge is 0.398 e. The third kappa shape index (κ3) is 4.07. The molecule has 0 spiro atoms. The standard InChI is InChI=1S/C11H13Cl2N5O2S/c12-8-6-9(13)11(10(14)7-8)21(19,20)16-2-1-4-18-5-3-15-17-18/h3,5-7,16H,1-2,4,14H2. The van der Waals surface area contributed by atoms with Crippen LogP contribution in [0.15, 0.2) is 29.4 Å². The van der Waals surface area contributed by atoms with Crippen LogP contribution in [0.5, 0.6) is 0 Å². The fourth-order valence-corrected chi connectivity index (χ4v) is 3.79. The lowest BCUT2D eigenvalue weighted by Crippen LogP contribution is -2.26. The first kappa shape index (κ1) is 16.0. The van der Waals surface area contributed by atoms with Gasteiger partial charge in [-0.1, -0.05) is 28.4 Å². The van der Waals surface area contributed by atoms with Crippen LogP contribution in [0.1, 0.15) is 6.42 Å². The summed E-state index contributed by atoms with van der Waals surface area (Å²) in [6, 6.07) is 2.68. The molecule has 0 amide bonds. The number of aryl methyl sites for hydroxylation is 1. The fourth-order valence-electron chi connectivity index (χ4n) is 1.74. The number of nitrogens with two attached hydrogens (primary N) is 1. The van der Waals surface area contributed by atoms with Gasteiger partial charge in [0.05, 0.1) is 16.9 Å². The summed E-state index contributed by atoms with van der Waals surface area (Å²) in [7, 11) is -3.79. The number of rotatable bonds is 6. The Morgan fingerprint density at radius 2 is 2.10 bits per heavy atom. The molecular weight excluding hydrogens is 337 g/mol. The van der Waals surface area contributed by atoms with Crippen molar-refractivity contribution in [3.05, 3.63) is 34.6 Å². The molecule has 0 radical (unpaired) electrons. The van der Waals surface area contributed by atoms with Crippen molar-refractivity contribution in [2.45, 2.75) is 17.9 Å². The molecule has 3 N–H and O–H groups in total. The number of aromatic nitrogens is 3. The molecule has 0 unspecified atom stereocenters. The first-order valence-electron chi connectivity index (χ1n) is 5.98. The van der Waals surface area contributed by atoms with Crippen molar-refractivity contribution in [3.63, 3.8) is 0 Å². The van der Waals surface area contributed by atoms with Crippen molar-refractivity contribution in [2.75, 3.05) is 12.3 Å². The van der Waals surface area contributed by atoms with Gasteiger partial charge in [0.25, 0.3) is 0 Å². The van der Waals surface area contributed by atoms with Crippen molar-refractivity contribution < 1.29 is 8.42 Å². The first-order chi connectivity index (χ1) is 9.90. The number of nitrogens with zero attached hydrogens (tertiary/aromatic N) is 3. The zero-order chi connectivity index (χ0) is 15.5. The fraction of sp³-hybridized carbons (Fsp3) is 0.273. The van der Waals surface area contributed by atoms with Gasteiger partial charge in [0, 0.05) is 24.3 Å². The maximum absolute atomic E-state index is 12.2. The molecule has 0 bridgehead atoms. The van der Waals surface area contributed by atoms with E-state index in [0.717, 1.165) is 0 Å². The van der Waals surface area contributed by atoms with Crippen LogP contribution < -0.4 is 10.5 Å². The Bertz CT molecular complexity index is 695. The van der Waals surface area contributed by atoms with Gasteiger partial charge in [0.2, 0.25) is 10.0 Å². The molecule has 7 nitrogen and oxygen atoms in total. The molecule has 0 saturated carbocycles. The number of nitrogens with one attached hydrogen (secondary N) is 1. The van der Waals surface area contributed by atoms with E-state index in [-0.39, 0.29) is 27.2 Å². The Morgan fingerprint density at radius 3 is 2.71 bits per heavy atom. The van der Waals surface area contributed by atoms with E-state index in [2.05, 4.69) is 15.0 Å². The second kappa shape index (κ2) is 6.61. The van der Waals surface area contributed by atoms with Crippen LogP contribution in [-0.2, 0) is 16.6 Å². The van der Waals surface area contributed by atoms with Gasteiger partial charge in [-0.2, -0.15) is 0 Å². The van der Waals surface area contributed by atoms with Crippen LogP contribution >= 0.6 is 23.2 Å². The second-order valence-corrected chi connectivity index (χ2v) is 6.77. The predicted octanol–water partition coefficient (Wildman–Crippen LogP) is 1.54. The minimum Gasteiger partial charge on any atom is -0.398 e. The first-order valence-corrected chi connectivity index (χ1v) is 8.22. The van der Waals surface area contributed by atoms with Gasteiger partial charge in [-0.15, -0.1) is 5.10 Å². The summed E-state index contributed by atoms with van der Waals surface area (Å²) in [5, 5.41) is 7.71. The number of halogens is 2. The lowest BCUT2D eigenvalue weighted by atomic mass is 10.3. The SMILES string of the molecule is Nc1cc(Cl)cc(Cl)c1S(=O)(=O)NCCCn1ccnn1. The Morgan fingerprint density at radius 1 is 1.33 bits per heavy atom. The average Bonchev–Trinajstić information content (AvgIpc) is 2.86. The molecule has 0 atom stereocenters. The van der Waals surface area contributed by atoms with Crippen molar-refractivity contribution in [1.29, 1.82) is 0 Å². The van der Waals surface area contributed by atoms with E-state index < -0.39 is 10.0 Å². The summed E-state index contributed by atoms with van der Waals surface area (Å²) in [5.41, 5.74) is 5.69. The highest BCUT2D eigenvalue weighted by Crippen LogP contribution is 2.30. The number of hydrogen-bond acceptors (Lipinski definition) is 5. The third-order valence-electron chi connectivity index (χ3n) is 2.63. The van der Waals surface area contributed by atoms with Gasteiger partial charge < -0.3 is 5.73 Å². The van der Waals surface area contributed by atoms with E-state index in [4.69, 9.17) is 28.9 Å². The predicted molar refractivity (Wildman–Crippen MR) is 80.7 cm³/mol. The highest BCUT2D eigenvalue weighted by atomic mass is 35.5. The van der Waals surface area contributed by atoms with E-state index >= 15 is 0 Å². The molecule has 1 aromatic carbocycles. The summed E-state index contributed by atoms with van der Waals surface area (Å²) in [4.78, 5) is -0.158. The van der Waals surface area contributed by atoms with Gasteiger partial charge in [-0.25, -0.2) is 13.1 Å². The summed E-state index contributed by atoms with van der Waals surface area (Å²) >= 11 is 11.7. The lowest BCUT2D eigenvalue weighted by molar-refractivity contribution is 0.542. The van der Waals surface area contributed by atoms with Crippen LogP contribution in [0.2, 0.25) is 10.0 Å². The molecule has 1 heterocycles. The number of benzene rings is 1. The number of anilines is 1. The molecular formula is C11H13Cl2N5O2S. The van der Waals surface area contributed by atoms with Crippen molar-refractivity contribution in [1.82, 2.24) is 19.7 Å². The maximum atomic E-state index is 12.2. The second-order valence-electron chi connectivity index (χ2n) is 4.22. The van der Waals surface area contributed by atoms with Crippen molar-refractivity contribution in [3.8, 4) is 0 Å². The normalized spacial score (nSPS) is 11.7. The number of hydrogen-bond donors (Lipinski definition) is 2. The van der Waals surface area contributed by atoms with Crippen molar-refractivity contribution in [2.24, 2.45) is 0 Å². The molecule has 114 valence electrons. The summed E-state index contributed by atoms with van der Waals surface area (Å²) in [6.45, 7) is 0.771. The van der Waals surface area contributed by atoms with E-state index in [1.807, 2.05) is 0 Å². The summed E-state index contributed by atoms with van der Waals surface area (Å²) in [6.07, 6.45) is 3.80. The van der Waals surface area contributed by atoms with Gasteiger partial charge in [-0.3, -0.25) is 4.68 Å². The molecule has 10 heteroatoms. The van der Waals surface area contributed by atoms with E-state index in [1.54, 1.807) is 17.1 Å². The van der Waals surface area contributed by atoms with Crippen LogP contribution in [0.3, 0.4) is 0 Å². The van der Waals surface area contributed by atoms with Gasteiger partial charge in [0.1, 0.15) is 4.90 Å². The maximum Gasteiger partial charge on any atom is 0.244 e. The monoisotopic (exact) mass is 349 g/mol. The molecule has 2 aromatic rings. The molecule has 0 saturated heterocycles. The highest BCUT2D eigenvalue weighted by molar-refractivity contribution is 7.89. The molecule has 2 rings (SSSR count). The van der Waals surface area contributed by atoms with Crippen LogP contribution in [0.25, 0.3) is 0 Å². The minimum atomic E-state index is -3.79. The van der Waals surface area contributed by atoms with E-state index in [9.17, 15) is 8.42 Å². The minimum absolute atomic E-state index is 0.0104. The molecule has 21 heavy (non-hydrogen) atoms. The molecule has 0 aliphatic rings. The van der Waals surface area contributed by atoms with Gasteiger partial charge >= 0.3 is 0 Å². The van der Waals surface area contributed by atoms with Gasteiger partial charge in [0.15, 0.2) is 0 Å². The zero-order valence-electron chi connectivity index (χ0n) is 10.8. The third-order valence-corrected chi connectivity index (χ3v) is 4.84. The number of nitrogen functional groups attached to an aromatic ring is 1. The summed E-state index contributed by atoms with van der Waals surface area (Å²) in [5.74, 6) is 0. The average molecular weight is 350 g/mol. The van der Waals surface area contributed by atoms with E-state index in [1.165, 1.54) is 12.1 Å². The van der Waals surface area contributed by atoms with E-state index in [0.29, 0.717) is 13.0 Å². The summed E-state index contributed by atoms with van der Waals surface area (Å²) < 4.78 is 28.4. The zero-order valence-corrected chi connectivity index (χ0v) is 13.2. The van der Waals surface area contributed by atoms with Crippen LogP contribution in [0, 0.1) is 0 Å². The smallest absolute Gasteiger partial charge is 0.244 e. The van der Waals surface area contributed by atoms with Crippen LogP contribution in [-0.4, -0.2) is 30.0 Å². The Balaban J connectivity index is 2.02. The Labute approximate surface area is 132 Å². The quantitative estimate of drug-likeness (QED) is 0.608. The molecule has 0 aliphatic carbocycles. The Kier molecular flexibility index (Phi) is 5.04. The number of sulfonamides is 1. The van der Waals surface area contributed by atoms with Gasteiger partial charge in [-0.05, 0) is 18.6 Å². The topological polar surface area (TPSA) is 103 Å².